The summed E-state index contributed by atoms with van der Waals surface area (Å²) < 4.78 is 12.8. The minimum atomic E-state index is -1.66. The van der Waals surface area contributed by atoms with Crippen molar-refractivity contribution in [2.24, 2.45) is 7.05 Å². The molecule has 8 heteroatoms. The molecule has 2 aromatic heterocycles. The topological polar surface area (TPSA) is 93.6 Å². The molecule has 1 N–H and O–H groups in total. The number of carbonyl (C=O) groups is 1. The molecule has 1 saturated heterocycles. The maximum atomic E-state index is 12.4. The zero-order valence-electron chi connectivity index (χ0n) is 17.5. The molecule has 2 aromatic carbocycles. The first kappa shape index (κ1) is 19.3. The van der Waals surface area contributed by atoms with E-state index in [0.29, 0.717) is 12.2 Å². The monoisotopic (exact) mass is 418 g/mol. The number of amides is 1. The summed E-state index contributed by atoms with van der Waals surface area (Å²) in [6.45, 7) is 0.471. The standard InChI is InChI=1S/C23H22N4O4/c1-26-8-7-23(29,22(26)28)21-12-18(25-31-21)15-6-4-5-14(9-15)16-10-19-17(13-24-27(19)2)20(11-16)30-3/h4-6,9-13,29H,7-8H2,1-3H3/t23-/m1/s1. The molecule has 4 aromatic rings. The first-order valence-electron chi connectivity index (χ1n) is 9.96. The van der Waals surface area contributed by atoms with Gasteiger partial charge in [-0.15, -0.1) is 0 Å². The van der Waals surface area contributed by atoms with Crippen LogP contribution >= 0.6 is 0 Å². The Bertz CT molecular complexity index is 1310. The van der Waals surface area contributed by atoms with Crippen molar-refractivity contribution in [3.63, 3.8) is 0 Å². The van der Waals surface area contributed by atoms with Crippen LogP contribution in [0.2, 0.25) is 0 Å². The quantitative estimate of drug-likeness (QED) is 0.548. The van der Waals surface area contributed by atoms with E-state index in [1.54, 1.807) is 26.4 Å². The molecular weight excluding hydrogens is 396 g/mol. The van der Waals surface area contributed by atoms with Crippen LogP contribution in [0, 0.1) is 0 Å². The first-order chi connectivity index (χ1) is 14.9. The highest BCUT2D eigenvalue weighted by molar-refractivity contribution is 5.91. The molecule has 1 aliphatic heterocycles. The van der Waals surface area contributed by atoms with E-state index in [0.717, 1.165) is 33.3 Å². The Kier molecular flexibility index (Phi) is 4.33. The number of likely N-dealkylation sites (tertiary alicyclic amines) is 1. The van der Waals surface area contributed by atoms with Gasteiger partial charge in [0.2, 0.25) is 5.60 Å². The average molecular weight is 418 g/mol. The van der Waals surface area contributed by atoms with Gasteiger partial charge in [0.15, 0.2) is 5.76 Å². The summed E-state index contributed by atoms with van der Waals surface area (Å²) in [4.78, 5) is 13.8. The number of rotatable bonds is 4. The van der Waals surface area contributed by atoms with Crippen LogP contribution < -0.4 is 4.74 Å². The molecule has 1 aliphatic rings. The van der Waals surface area contributed by atoms with Crippen LogP contribution in [0.15, 0.2) is 53.2 Å². The van der Waals surface area contributed by atoms with E-state index in [2.05, 4.69) is 16.3 Å². The van der Waals surface area contributed by atoms with Crippen molar-refractivity contribution < 1.29 is 19.2 Å². The summed E-state index contributed by atoms with van der Waals surface area (Å²) in [5.41, 5.74) is 2.63. The molecule has 5 rings (SSSR count). The smallest absolute Gasteiger partial charge is 0.262 e. The van der Waals surface area contributed by atoms with Crippen LogP contribution in [0.4, 0.5) is 0 Å². The van der Waals surface area contributed by atoms with E-state index in [9.17, 15) is 9.90 Å². The fourth-order valence-corrected chi connectivity index (χ4v) is 4.10. The second-order valence-electron chi connectivity index (χ2n) is 7.87. The number of fused-ring (bicyclic) bond motifs is 1. The Morgan fingerprint density at radius 3 is 2.68 bits per heavy atom. The van der Waals surface area contributed by atoms with Gasteiger partial charge >= 0.3 is 0 Å². The number of hydrogen-bond donors (Lipinski definition) is 1. The van der Waals surface area contributed by atoms with Crippen molar-refractivity contribution in [2.45, 2.75) is 12.0 Å². The Morgan fingerprint density at radius 1 is 1.13 bits per heavy atom. The third-order valence-corrected chi connectivity index (χ3v) is 5.97. The number of benzene rings is 2. The van der Waals surface area contributed by atoms with E-state index in [1.165, 1.54) is 4.90 Å². The second kappa shape index (κ2) is 6.95. The van der Waals surface area contributed by atoms with E-state index in [-0.39, 0.29) is 18.1 Å². The molecule has 31 heavy (non-hydrogen) atoms. The Morgan fingerprint density at radius 2 is 1.94 bits per heavy atom. The van der Waals surface area contributed by atoms with E-state index in [4.69, 9.17) is 9.26 Å². The number of carbonyl (C=O) groups excluding carboxylic acids is 1. The molecule has 0 saturated carbocycles. The second-order valence-corrected chi connectivity index (χ2v) is 7.87. The number of aromatic nitrogens is 3. The first-order valence-corrected chi connectivity index (χ1v) is 9.96. The minimum Gasteiger partial charge on any atom is -0.496 e. The lowest BCUT2D eigenvalue weighted by atomic mass is 9.97. The number of aryl methyl sites for hydroxylation is 1. The molecule has 158 valence electrons. The minimum absolute atomic E-state index is 0.167. The van der Waals surface area contributed by atoms with Gasteiger partial charge in [0.25, 0.3) is 5.91 Å². The van der Waals surface area contributed by atoms with Crippen LogP contribution in [0.1, 0.15) is 12.2 Å². The zero-order valence-corrected chi connectivity index (χ0v) is 17.5. The van der Waals surface area contributed by atoms with Crippen LogP contribution in [0.5, 0.6) is 5.75 Å². The molecule has 3 heterocycles. The predicted octanol–water partition coefficient (Wildman–Crippen LogP) is 2.95. The highest BCUT2D eigenvalue weighted by atomic mass is 16.5. The van der Waals surface area contributed by atoms with Gasteiger partial charge in [-0.1, -0.05) is 23.4 Å². The van der Waals surface area contributed by atoms with Gasteiger partial charge in [0, 0.05) is 38.7 Å². The molecule has 8 nitrogen and oxygen atoms in total. The van der Waals surface area contributed by atoms with E-state index in [1.807, 2.05) is 42.1 Å². The molecule has 1 fully saturated rings. The number of hydrogen-bond acceptors (Lipinski definition) is 6. The number of ether oxygens (including phenoxy) is 1. The van der Waals surface area contributed by atoms with Gasteiger partial charge in [0.1, 0.15) is 11.4 Å². The van der Waals surface area contributed by atoms with Gasteiger partial charge in [-0.05, 0) is 29.3 Å². The molecule has 1 amide bonds. The summed E-state index contributed by atoms with van der Waals surface area (Å²) >= 11 is 0. The van der Waals surface area contributed by atoms with Crippen LogP contribution in [0.25, 0.3) is 33.3 Å². The van der Waals surface area contributed by atoms with E-state index < -0.39 is 5.60 Å². The van der Waals surface area contributed by atoms with Crippen molar-refractivity contribution in [3.8, 4) is 28.1 Å². The Balaban J connectivity index is 1.54. The molecule has 0 unspecified atom stereocenters. The summed E-state index contributed by atoms with van der Waals surface area (Å²) in [5, 5.41) is 20.2. The van der Waals surface area contributed by atoms with Crippen LogP contribution in [0.3, 0.4) is 0 Å². The summed E-state index contributed by atoms with van der Waals surface area (Å²) in [5.74, 6) is 0.543. The fraction of sp³-hybridized carbons (Fsp3) is 0.261. The number of likely N-dealkylation sites (N-methyl/N-ethyl adjacent to an activating group) is 1. The SMILES string of the molecule is COc1cc(-c2cccc(-c3cc([C@]4(O)CCN(C)C4=O)on3)c2)cc2c1cnn2C. The fourth-order valence-electron chi connectivity index (χ4n) is 4.10. The number of methoxy groups -OCH3 is 1. The van der Waals surface area contributed by atoms with Gasteiger partial charge in [-0.2, -0.15) is 5.10 Å². The summed E-state index contributed by atoms with van der Waals surface area (Å²) in [6.07, 6.45) is 2.07. The third kappa shape index (κ3) is 2.98. The van der Waals surface area contributed by atoms with Crippen molar-refractivity contribution in [3.05, 3.63) is 54.4 Å². The zero-order chi connectivity index (χ0) is 21.8. The van der Waals surface area contributed by atoms with Crippen LogP contribution in [-0.4, -0.2) is 51.6 Å². The van der Waals surface area contributed by atoms with Gasteiger partial charge in [0.05, 0.1) is 24.2 Å². The lowest BCUT2D eigenvalue weighted by Gasteiger charge is -2.16. The predicted molar refractivity (Wildman–Crippen MR) is 114 cm³/mol. The normalized spacial score (nSPS) is 18.8. The summed E-state index contributed by atoms with van der Waals surface area (Å²) in [6, 6.07) is 13.5. The van der Waals surface area contributed by atoms with Gasteiger partial charge in [-0.25, -0.2) is 0 Å². The average Bonchev–Trinajstić information content (AvgIpc) is 3.49. The largest absolute Gasteiger partial charge is 0.496 e. The molecule has 1 atom stereocenters. The van der Waals surface area contributed by atoms with Crippen LogP contribution in [-0.2, 0) is 17.4 Å². The third-order valence-electron chi connectivity index (χ3n) is 5.97. The molecule has 0 spiro atoms. The van der Waals surface area contributed by atoms with E-state index >= 15 is 0 Å². The van der Waals surface area contributed by atoms with Crippen molar-refractivity contribution >= 4 is 16.8 Å². The molecule has 0 aliphatic carbocycles. The maximum Gasteiger partial charge on any atom is 0.262 e. The Labute approximate surface area is 178 Å². The molecular formula is C23H22N4O4. The van der Waals surface area contributed by atoms with Crippen molar-refractivity contribution in [1.82, 2.24) is 19.8 Å². The van der Waals surface area contributed by atoms with Gasteiger partial charge in [-0.3, -0.25) is 9.48 Å². The van der Waals surface area contributed by atoms with Gasteiger partial charge < -0.3 is 19.3 Å². The number of aliphatic hydroxyl groups is 1. The molecule has 0 bridgehead atoms. The molecule has 0 radical (unpaired) electrons. The lowest BCUT2D eigenvalue weighted by Crippen LogP contribution is -2.35. The van der Waals surface area contributed by atoms with Crippen molar-refractivity contribution in [1.29, 1.82) is 0 Å². The Hall–Kier alpha value is -3.65. The maximum absolute atomic E-state index is 12.4. The van der Waals surface area contributed by atoms with Crippen molar-refractivity contribution in [2.75, 3.05) is 20.7 Å². The highest BCUT2D eigenvalue weighted by Crippen LogP contribution is 2.36. The highest BCUT2D eigenvalue weighted by Gasteiger charge is 2.48. The summed E-state index contributed by atoms with van der Waals surface area (Å²) in [7, 11) is 5.20. The number of nitrogens with zero attached hydrogens (tertiary/aromatic N) is 4. The lowest BCUT2D eigenvalue weighted by molar-refractivity contribution is -0.144.